The second-order valence-corrected chi connectivity index (χ2v) is 6.32. The number of amides is 1. The molecule has 2 aromatic rings. The Morgan fingerprint density at radius 3 is 2.39 bits per heavy atom. The molecule has 1 amide bonds. The number of nitrogens with one attached hydrogen (secondary N) is 1. The summed E-state index contributed by atoms with van der Waals surface area (Å²) in [5.41, 5.74) is 1.07. The van der Waals surface area contributed by atoms with Crippen LogP contribution in [0.2, 0.25) is 5.02 Å². The highest BCUT2D eigenvalue weighted by Gasteiger charge is 2.16. The van der Waals surface area contributed by atoms with Crippen molar-refractivity contribution in [2.45, 2.75) is 26.8 Å². The fourth-order valence-electron chi connectivity index (χ4n) is 2.58. The van der Waals surface area contributed by atoms with Gasteiger partial charge < -0.3 is 19.5 Å². The summed E-state index contributed by atoms with van der Waals surface area (Å²) in [5.74, 6) is -0.0379. The second-order valence-electron chi connectivity index (χ2n) is 5.91. The Balaban J connectivity index is 1.95. The first-order chi connectivity index (χ1) is 13.5. The zero-order valence-corrected chi connectivity index (χ0v) is 16.9. The van der Waals surface area contributed by atoms with E-state index in [-0.39, 0.29) is 11.6 Å². The Labute approximate surface area is 169 Å². The van der Waals surface area contributed by atoms with E-state index in [1.165, 1.54) is 0 Å². The van der Waals surface area contributed by atoms with Crippen LogP contribution in [-0.2, 0) is 9.53 Å². The van der Waals surface area contributed by atoms with Crippen LogP contribution < -0.4 is 14.8 Å². The molecule has 0 radical (unpaired) electrons. The fraction of sp³-hybridized carbons (Fsp3) is 0.333. The number of hydrogen-bond donors (Lipinski definition) is 1. The van der Waals surface area contributed by atoms with Crippen LogP contribution in [-0.4, -0.2) is 31.7 Å². The SMILES string of the molecule is CCOc1ccc(C(=O)OCC(=O)N[C@H](C)c2ccccc2Cl)cc1OCC. The maximum Gasteiger partial charge on any atom is 0.338 e. The average molecular weight is 406 g/mol. The van der Waals surface area contributed by atoms with E-state index in [1.54, 1.807) is 24.3 Å². The number of benzene rings is 2. The van der Waals surface area contributed by atoms with Crippen molar-refractivity contribution in [3.8, 4) is 11.5 Å². The summed E-state index contributed by atoms with van der Waals surface area (Å²) in [6.45, 7) is 6.02. The number of halogens is 1. The van der Waals surface area contributed by atoms with Gasteiger partial charge in [0.1, 0.15) is 0 Å². The van der Waals surface area contributed by atoms with E-state index >= 15 is 0 Å². The minimum atomic E-state index is -0.621. The fourth-order valence-corrected chi connectivity index (χ4v) is 2.88. The lowest BCUT2D eigenvalue weighted by Crippen LogP contribution is -2.31. The van der Waals surface area contributed by atoms with Gasteiger partial charge in [-0.1, -0.05) is 29.8 Å². The number of ether oxygens (including phenoxy) is 3. The molecule has 0 saturated heterocycles. The minimum Gasteiger partial charge on any atom is -0.490 e. The molecule has 1 atom stereocenters. The van der Waals surface area contributed by atoms with Crippen LogP contribution in [0.25, 0.3) is 0 Å². The molecule has 6 nitrogen and oxygen atoms in total. The zero-order chi connectivity index (χ0) is 20.5. The molecule has 0 unspecified atom stereocenters. The van der Waals surface area contributed by atoms with Crippen molar-refractivity contribution >= 4 is 23.5 Å². The lowest BCUT2D eigenvalue weighted by atomic mass is 10.1. The molecule has 0 aliphatic heterocycles. The maximum atomic E-state index is 12.3. The van der Waals surface area contributed by atoms with Crippen molar-refractivity contribution in [2.24, 2.45) is 0 Å². The Morgan fingerprint density at radius 2 is 1.71 bits per heavy atom. The van der Waals surface area contributed by atoms with Gasteiger partial charge in [-0.2, -0.15) is 0 Å². The highest BCUT2D eigenvalue weighted by atomic mass is 35.5. The Morgan fingerprint density at radius 1 is 1.04 bits per heavy atom. The second kappa shape index (κ2) is 10.6. The van der Waals surface area contributed by atoms with E-state index in [1.807, 2.05) is 39.0 Å². The van der Waals surface area contributed by atoms with Gasteiger partial charge in [0.05, 0.1) is 24.8 Å². The van der Waals surface area contributed by atoms with Crippen LogP contribution in [0.3, 0.4) is 0 Å². The van der Waals surface area contributed by atoms with Gasteiger partial charge in [-0.15, -0.1) is 0 Å². The lowest BCUT2D eigenvalue weighted by Gasteiger charge is -2.16. The number of rotatable bonds is 9. The highest BCUT2D eigenvalue weighted by Crippen LogP contribution is 2.29. The van der Waals surface area contributed by atoms with Gasteiger partial charge in [-0.05, 0) is 50.6 Å². The molecular weight excluding hydrogens is 382 g/mol. The van der Waals surface area contributed by atoms with Gasteiger partial charge >= 0.3 is 5.97 Å². The first-order valence-corrected chi connectivity index (χ1v) is 9.44. The topological polar surface area (TPSA) is 73.9 Å². The van der Waals surface area contributed by atoms with E-state index in [4.69, 9.17) is 25.8 Å². The Bertz CT molecular complexity index is 824. The molecule has 2 aromatic carbocycles. The molecule has 0 heterocycles. The number of carbonyl (C=O) groups is 2. The molecule has 0 aliphatic carbocycles. The third kappa shape index (κ3) is 5.89. The standard InChI is InChI=1S/C21H24ClNO5/c1-4-26-18-11-10-15(12-19(18)27-5-2)21(25)28-13-20(24)23-14(3)16-8-6-7-9-17(16)22/h6-12,14H,4-5,13H2,1-3H3,(H,23,24)/t14-/m1/s1. The molecule has 0 aromatic heterocycles. The molecule has 150 valence electrons. The predicted octanol–water partition coefficient (Wildman–Crippen LogP) is 4.17. The maximum absolute atomic E-state index is 12.3. The number of hydrogen-bond acceptors (Lipinski definition) is 5. The van der Waals surface area contributed by atoms with Gasteiger partial charge in [0.15, 0.2) is 18.1 Å². The monoisotopic (exact) mass is 405 g/mol. The summed E-state index contributed by atoms with van der Waals surface area (Å²) >= 11 is 6.13. The quantitative estimate of drug-likeness (QED) is 0.634. The smallest absolute Gasteiger partial charge is 0.338 e. The highest BCUT2D eigenvalue weighted by molar-refractivity contribution is 6.31. The molecule has 7 heteroatoms. The van der Waals surface area contributed by atoms with Gasteiger partial charge in [-0.3, -0.25) is 4.79 Å². The summed E-state index contributed by atoms with van der Waals surface area (Å²) in [5, 5.41) is 3.32. The van der Waals surface area contributed by atoms with Crippen LogP contribution in [0, 0.1) is 0 Å². The summed E-state index contributed by atoms with van der Waals surface area (Å²) in [6.07, 6.45) is 0. The molecule has 0 bridgehead atoms. The molecule has 0 spiro atoms. The van der Waals surface area contributed by atoms with Crippen LogP contribution in [0.5, 0.6) is 11.5 Å². The number of esters is 1. The normalized spacial score (nSPS) is 11.4. The summed E-state index contributed by atoms with van der Waals surface area (Å²) in [6, 6.07) is 11.7. The van der Waals surface area contributed by atoms with Gasteiger partial charge in [0, 0.05) is 5.02 Å². The van der Waals surface area contributed by atoms with Crippen molar-refractivity contribution in [1.82, 2.24) is 5.32 Å². The van der Waals surface area contributed by atoms with Crippen molar-refractivity contribution in [1.29, 1.82) is 0 Å². The largest absolute Gasteiger partial charge is 0.490 e. The molecule has 0 fully saturated rings. The molecule has 28 heavy (non-hydrogen) atoms. The van der Waals surface area contributed by atoms with Crippen molar-refractivity contribution in [2.75, 3.05) is 19.8 Å². The molecule has 2 rings (SSSR count). The van der Waals surface area contributed by atoms with Crippen molar-refractivity contribution in [3.63, 3.8) is 0 Å². The predicted molar refractivity (Wildman–Crippen MR) is 107 cm³/mol. The van der Waals surface area contributed by atoms with E-state index in [0.717, 1.165) is 5.56 Å². The van der Waals surface area contributed by atoms with Gasteiger partial charge in [0.2, 0.25) is 0 Å². The molecular formula is C21H24ClNO5. The van der Waals surface area contributed by atoms with E-state index in [0.29, 0.717) is 29.7 Å². The molecule has 1 N–H and O–H groups in total. The van der Waals surface area contributed by atoms with Crippen molar-refractivity contribution < 1.29 is 23.8 Å². The first kappa shape index (κ1) is 21.6. The third-order valence-electron chi connectivity index (χ3n) is 3.86. The van der Waals surface area contributed by atoms with E-state index in [9.17, 15) is 9.59 Å². The lowest BCUT2D eigenvalue weighted by molar-refractivity contribution is -0.124. The first-order valence-electron chi connectivity index (χ1n) is 9.06. The van der Waals surface area contributed by atoms with Crippen LogP contribution in [0.1, 0.15) is 42.7 Å². The van der Waals surface area contributed by atoms with E-state index in [2.05, 4.69) is 5.32 Å². The van der Waals surface area contributed by atoms with Crippen molar-refractivity contribution in [3.05, 3.63) is 58.6 Å². The Hall–Kier alpha value is -2.73. The van der Waals surface area contributed by atoms with Crippen LogP contribution >= 0.6 is 11.6 Å². The Kier molecular flexibility index (Phi) is 8.14. The van der Waals surface area contributed by atoms with Crippen LogP contribution in [0.15, 0.2) is 42.5 Å². The van der Waals surface area contributed by atoms with Gasteiger partial charge in [-0.25, -0.2) is 4.79 Å². The zero-order valence-electron chi connectivity index (χ0n) is 16.2. The number of carbonyl (C=O) groups excluding carboxylic acids is 2. The summed E-state index contributed by atoms with van der Waals surface area (Å²) < 4.78 is 16.1. The molecule has 0 aliphatic rings. The molecule has 0 saturated carbocycles. The average Bonchev–Trinajstić information content (AvgIpc) is 2.68. The van der Waals surface area contributed by atoms with Gasteiger partial charge in [0.25, 0.3) is 5.91 Å². The minimum absolute atomic E-state index is 0.277. The summed E-state index contributed by atoms with van der Waals surface area (Å²) in [4.78, 5) is 24.4. The van der Waals surface area contributed by atoms with Crippen LogP contribution in [0.4, 0.5) is 0 Å². The summed E-state index contributed by atoms with van der Waals surface area (Å²) in [7, 11) is 0. The third-order valence-corrected chi connectivity index (χ3v) is 4.21. The van der Waals surface area contributed by atoms with E-state index < -0.39 is 18.5 Å².